The van der Waals surface area contributed by atoms with Gasteiger partial charge in [-0.1, -0.05) is 18.2 Å². The van der Waals surface area contributed by atoms with Crippen LogP contribution >= 0.6 is 0 Å². The number of pyridine rings is 1. The number of carbonyl (C=O) groups excluding carboxylic acids is 1. The summed E-state index contributed by atoms with van der Waals surface area (Å²) in [6.07, 6.45) is 0. The number of carbonyl (C=O) groups is 1. The van der Waals surface area contributed by atoms with Gasteiger partial charge >= 0.3 is 6.03 Å². The second-order valence-corrected chi connectivity index (χ2v) is 8.10. The fourth-order valence-corrected chi connectivity index (χ4v) is 4.46. The summed E-state index contributed by atoms with van der Waals surface area (Å²) in [7, 11) is 1.63. The zero-order chi connectivity index (χ0) is 23.8. The van der Waals surface area contributed by atoms with Gasteiger partial charge in [-0.05, 0) is 30.3 Å². The zero-order valence-corrected chi connectivity index (χ0v) is 18.5. The van der Waals surface area contributed by atoms with Gasteiger partial charge in [0.05, 0.1) is 28.5 Å². The standard InChI is InChI=1S/C25H22N4O5/c1-34-19-6-4-5-17(15-19)26-11-13-27(14-12-26)25(31)28-22-8-3-2-7-20(22)24(30)21-16-18(29(32)33)9-10-23(21)28/h2-10,15-16H,11-14H2,1H3. The fourth-order valence-electron chi connectivity index (χ4n) is 4.46. The predicted molar refractivity (Wildman–Crippen MR) is 130 cm³/mol. The summed E-state index contributed by atoms with van der Waals surface area (Å²) in [6, 6.07) is 18.4. The van der Waals surface area contributed by atoms with Gasteiger partial charge in [-0.25, -0.2) is 4.79 Å². The number of nitro groups is 1. The molecular weight excluding hydrogens is 436 g/mol. The van der Waals surface area contributed by atoms with E-state index in [2.05, 4.69) is 4.90 Å². The molecule has 0 unspecified atom stereocenters. The van der Waals surface area contributed by atoms with Gasteiger partial charge in [-0.3, -0.25) is 19.5 Å². The number of non-ortho nitro benzene ring substituents is 1. The van der Waals surface area contributed by atoms with Crippen molar-refractivity contribution in [1.82, 2.24) is 9.47 Å². The minimum absolute atomic E-state index is 0.149. The maximum absolute atomic E-state index is 13.7. The van der Waals surface area contributed by atoms with Crippen LogP contribution in [0.25, 0.3) is 21.8 Å². The summed E-state index contributed by atoms with van der Waals surface area (Å²) >= 11 is 0. The van der Waals surface area contributed by atoms with Crippen molar-refractivity contribution in [3.63, 3.8) is 0 Å². The van der Waals surface area contributed by atoms with Crippen LogP contribution < -0.4 is 15.1 Å². The van der Waals surface area contributed by atoms with Crippen LogP contribution in [0, 0.1) is 10.1 Å². The van der Waals surface area contributed by atoms with Crippen molar-refractivity contribution >= 4 is 39.2 Å². The number of nitro benzene ring substituents is 1. The smallest absolute Gasteiger partial charge is 0.329 e. The molecule has 1 aliphatic rings. The summed E-state index contributed by atoms with van der Waals surface area (Å²) < 4.78 is 6.81. The molecule has 2 heterocycles. The molecule has 0 bridgehead atoms. The van der Waals surface area contributed by atoms with Crippen molar-refractivity contribution in [1.29, 1.82) is 0 Å². The Morgan fingerprint density at radius 3 is 2.38 bits per heavy atom. The molecule has 1 fully saturated rings. The normalized spacial score (nSPS) is 13.9. The highest BCUT2D eigenvalue weighted by atomic mass is 16.6. The first-order valence-corrected chi connectivity index (χ1v) is 10.9. The van der Waals surface area contributed by atoms with Crippen LogP contribution in [0.15, 0.2) is 71.5 Å². The molecule has 0 spiro atoms. The van der Waals surface area contributed by atoms with Gasteiger partial charge in [0.15, 0.2) is 5.43 Å². The quantitative estimate of drug-likeness (QED) is 0.263. The van der Waals surface area contributed by atoms with Crippen molar-refractivity contribution in [2.24, 2.45) is 0 Å². The van der Waals surface area contributed by atoms with E-state index in [0.717, 1.165) is 11.4 Å². The lowest BCUT2D eigenvalue weighted by atomic mass is 10.1. The number of amides is 1. The summed E-state index contributed by atoms with van der Waals surface area (Å²) in [5.74, 6) is 0.774. The van der Waals surface area contributed by atoms with Crippen molar-refractivity contribution in [3.05, 3.63) is 87.1 Å². The van der Waals surface area contributed by atoms with Crippen LogP contribution in [-0.4, -0.2) is 53.7 Å². The Hall–Kier alpha value is -4.40. The zero-order valence-electron chi connectivity index (χ0n) is 18.5. The highest BCUT2D eigenvalue weighted by molar-refractivity contribution is 6.02. The molecule has 4 aromatic rings. The van der Waals surface area contributed by atoms with Crippen LogP contribution in [-0.2, 0) is 0 Å². The molecule has 1 amide bonds. The topological polar surface area (TPSA) is 97.9 Å². The molecule has 0 N–H and O–H groups in total. The van der Waals surface area contributed by atoms with Gasteiger partial charge in [0.1, 0.15) is 5.75 Å². The average molecular weight is 458 g/mol. The number of aromatic nitrogens is 1. The van der Waals surface area contributed by atoms with Gasteiger partial charge in [-0.15, -0.1) is 0 Å². The van der Waals surface area contributed by atoms with Crippen molar-refractivity contribution in [2.45, 2.75) is 0 Å². The molecule has 1 aliphatic heterocycles. The van der Waals surface area contributed by atoms with Crippen LogP contribution in [0.5, 0.6) is 5.75 Å². The highest BCUT2D eigenvalue weighted by Gasteiger charge is 2.26. The Kier molecular flexibility index (Phi) is 5.37. The van der Waals surface area contributed by atoms with E-state index in [1.807, 2.05) is 24.3 Å². The minimum Gasteiger partial charge on any atom is -0.497 e. The van der Waals surface area contributed by atoms with Crippen LogP contribution in [0.2, 0.25) is 0 Å². The summed E-state index contributed by atoms with van der Waals surface area (Å²) in [6.45, 7) is 2.26. The van der Waals surface area contributed by atoms with E-state index in [9.17, 15) is 19.7 Å². The number of nitrogens with zero attached hydrogens (tertiary/aromatic N) is 4. The summed E-state index contributed by atoms with van der Waals surface area (Å²) in [5.41, 5.74) is 1.34. The lowest BCUT2D eigenvalue weighted by molar-refractivity contribution is -0.384. The first-order chi connectivity index (χ1) is 16.5. The number of para-hydroxylation sites is 1. The van der Waals surface area contributed by atoms with Crippen LogP contribution in [0.4, 0.5) is 16.2 Å². The number of anilines is 1. The lowest BCUT2D eigenvalue weighted by Gasteiger charge is -2.36. The Morgan fingerprint density at radius 1 is 0.912 bits per heavy atom. The number of piperazine rings is 1. The van der Waals surface area contributed by atoms with E-state index in [4.69, 9.17) is 4.74 Å². The molecule has 172 valence electrons. The number of methoxy groups -OCH3 is 1. The molecule has 9 nitrogen and oxygen atoms in total. The number of benzene rings is 3. The SMILES string of the molecule is COc1cccc(N2CCN(C(=O)n3c4ccccc4c(=O)c4cc([N+](=O)[O-])ccc43)CC2)c1. The molecule has 1 aromatic heterocycles. The third-order valence-electron chi connectivity index (χ3n) is 6.23. The predicted octanol–water partition coefficient (Wildman–Crippen LogP) is 3.86. The van der Waals surface area contributed by atoms with Gasteiger partial charge in [0, 0.05) is 55.5 Å². The van der Waals surface area contributed by atoms with E-state index in [1.54, 1.807) is 36.3 Å². The second kappa shape index (κ2) is 8.51. The molecule has 0 radical (unpaired) electrons. The van der Waals surface area contributed by atoms with E-state index < -0.39 is 4.92 Å². The summed E-state index contributed by atoms with van der Waals surface area (Å²) in [5, 5.41) is 11.8. The Bertz CT molecular complexity index is 1490. The third-order valence-corrected chi connectivity index (χ3v) is 6.23. The van der Waals surface area contributed by atoms with Gasteiger partial charge in [-0.2, -0.15) is 0 Å². The number of fused-ring (bicyclic) bond motifs is 2. The van der Waals surface area contributed by atoms with E-state index in [0.29, 0.717) is 42.6 Å². The average Bonchev–Trinajstić information content (AvgIpc) is 2.88. The Labute approximate surface area is 194 Å². The van der Waals surface area contributed by atoms with Crippen LogP contribution in [0.3, 0.4) is 0 Å². The number of ether oxygens (including phenoxy) is 1. The maximum Gasteiger partial charge on any atom is 0.329 e. The lowest BCUT2D eigenvalue weighted by Crippen LogP contribution is -2.50. The molecule has 34 heavy (non-hydrogen) atoms. The summed E-state index contributed by atoms with van der Waals surface area (Å²) in [4.78, 5) is 41.5. The Balaban J connectivity index is 1.52. The van der Waals surface area contributed by atoms with Crippen molar-refractivity contribution < 1.29 is 14.5 Å². The maximum atomic E-state index is 13.7. The number of hydrogen-bond donors (Lipinski definition) is 0. The molecule has 3 aromatic carbocycles. The molecule has 9 heteroatoms. The van der Waals surface area contributed by atoms with Gasteiger partial charge in [0.25, 0.3) is 5.69 Å². The molecule has 0 saturated carbocycles. The van der Waals surface area contributed by atoms with Gasteiger partial charge < -0.3 is 14.5 Å². The largest absolute Gasteiger partial charge is 0.497 e. The third kappa shape index (κ3) is 3.61. The number of hydrogen-bond acceptors (Lipinski definition) is 6. The number of rotatable bonds is 3. The van der Waals surface area contributed by atoms with Crippen molar-refractivity contribution in [2.75, 3.05) is 38.2 Å². The van der Waals surface area contributed by atoms with Crippen LogP contribution in [0.1, 0.15) is 0 Å². The highest BCUT2D eigenvalue weighted by Crippen LogP contribution is 2.26. The van der Waals surface area contributed by atoms with Crippen molar-refractivity contribution in [3.8, 4) is 5.75 Å². The fraction of sp³-hybridized carbons (Fsp3) is 0.200. The minimum atomic E-state index is -0.544. The Morgan fingerprint density at radius 2 is 1.65 bits per heavy atom. The molecule has 5 rings (SSSR count). The molecule has 0 aliphatic carbocycles. The first kappa shape index (κ1) is 21.4. The molecule has 1 saturated heterocycles. The monoisotopic (exact) mass is 458 g/mol. The second-order valence-electron chi connectivity index (χ2n) is 8.10. The van der Waals surface area contributed by atoms with E-state index in [-0.39, 0.29) is 22.5 Å². The molecular formula is C25H22N4O5. The first-order valence-electron chi connectivity index (χ1n) is 10.9. The van der Waals surface area contributed by atoms with E-state index in [1.165, 1.54) is 22.8 Å². The van der Waals surface area contributed by atoms with E-state index >= 15 is 0 Å². The molecule has 0 atom stereocenters. The van der Waals surface area contributed by atoms with Gasteiger partial charge in [0.2, 0.25) is 0 Å².